The van der Waals surface area contributed by atoms with Gasteiger partial charge in [0.25, 0.3) is 0 Å². The number of hydrogen-bond acceptors (Lipinski definition) is 3. The number of nitrogens with one attached hydrogen (secondary N) is 1. The zero-order valence-electron chi connectivity index (χ0n) is 10.3. The van der Waals surface area contributed by atoms with E-state index < -0.39 is 10.0 Å². The van der Waals surface area contributed by atoms with E-state index in [2.05, 4.69) is 18.6 Å². The van der Waals surface area contributed by atoms with Crippen molar-refractivity contribution in [3.63, 3.8) is 0 Å². The molecule has 96 valence electrons. The van der Waals surface area contributed by atoms with Gasteiger partial charge in [0.15, 0.2) is 0 Å². The van der Waals surface area contributed by atoms with E-state index in [0.717, 1.165) is 12.0 Å². The summed E-state index contributed by atoms with van der Waals surface area (Å²) in [6, 6.07) is 6.88. The van der Waals surface area contributed by atoms with Crippen LogP contribution in [-0.4, -0.2) is 15.0 Å². The van der Waals surface area contributed by atoms with Crippen molar-refractivity contribution in [3.05, 3.63) is 29.8 Å². The molecule has 0 unspecified atom stereocenters. The topological polar surface area (TPSA) is 72.2 Å². The second-order valence-corrected chi connectivity index (χ2v) is 6.38. The number of nitrogen functional groups attached to an aromatic ring is 1. The van der Waals surface area contributed by atoms with E-state index >= 15 is 0 Å². The van der Waals surface area contributed by atoms with Crippen LogP contribution in [0.1, 0.15) is 25.8 Å². The fraction of sp³-hybridized carbons (Fsp3) is 0.500. The largest absolute Gasteiger partial charge is 0.399 e. The second kappa shape index (κ2) is 6.02. The Bertz CT molecular complexity index is 438. The SMILES string of the molecule is CC(C)CCNS(=O)(=O)Cc1ccc(N)cc1. The first kappa shape index (κ1) is 14.0. The van der Waals surface area contributed by atoms with Gasteiger partial charge in [-0.15, -0.1) is 0 Å². The number of hydrogen-bond donors (Lipinski definition) is 2. The van der Waals surface area contributed by atoms with E-state index in [4.69, 9.17) is 5.73 Å². The smallest absolute Gasteiger partial charge is 0.215 e. The molecular formula is C12H20N2O2S. The molecule has 0 spiro atoms. The third-order valence-electron chi connectivity index (χ3n) is 2.38. The van der Waals surface area contributed by atoms with Gasteiger partial charge >= 0.3 is 0 Å². The monoisotopic (exact) mass is 256 g/mol. The molecule has 0 fully saturated rings. The molecule has 0 aromatic heterocycles. The van der Waals surface area contributed by atoms with E-state index in [-0.39, 0.29) is 5.75 Å². The van der Waals surface area contributed by atoms with Crippen molar-refractivity contribution in [3.8, 4) is 0 Å². The Morgan fingerprint density at radius 2 is 1.82 bits per heavy atom. The van der Waals surface area contributed by atoms with Gasteiger partial charge in [-0.1, -0.05) is 26.0 Å². The van der Waals surface area contributed by atoms with E-state index in [1.54, 1.807) is 24.3 Å². The predicted molar refractivity (Wildman–Crippen MR) is 70.9 cm³/mol. The molecule has 0 amide bonds. The van der Waals surface area contributed by atoms with Gasteiger partial charge in [-0.25, -0.2) is 13.1 Å². The normalized spacial score (nSPS) is 11.9. The fourth-order valence-corrected chi connectivity index (χ4v) is 2.55. The zero-order valence-corrected chi connectivity index (χ0v) is 11.1. The van der Waals surface area contributed by atoms with E-state index in [0.29, 0.717) is 18.2 Å². The lowest BCUT2D eigenvalue weighted by Gasteiger charge is -2.08. The lowest BCUT2D eigenvalue weighted by molar-refractivity contribution is 0.551. The Balaban J connectivity index is 2.52. The van der Waals surface area contributed by atoms with Gasteiger partial charge in [0.1, 0.15) is 0 Å². The average molecular weight is 256 g/mol. The van der Waals surface area contributed by atoms with Crippen LogP contribution >= 0.6 is 0 Å². The van der Waals surface area contributed by atoms with Gasteiger partial charge in [-0.3, -0.25) is 0 Å². The number of anilines is 1. The van der Waals surface area contributed by atoms with Crippen molar-refractivity contribution in [1.82, 2.24) is 4.72 Å². The van der Waals surface area contributed by atoms with Gasteiger partial charge in [0.2, 0.25) is 10.0 Å². The third-order valence-corrected chi connectivity index (χ3v) is 3.74. The van der Waals surface area contributed by atoms with Crippen LogP contribution in [0.5, 0.6) is 0 Å². The first-order valence-corrected chi connectivity index (χ1v) is 7.36. The minimum Gasteiger partial charge on any atom is -0.399 e. The summed E-state index contributed by atoms with van der Waals surface area (Å²) < 4.78 is 26.0. The molecule has 1 aromatic carbocycles. The van der Waals surface area contributed by atoms with Gasteiger partial charge in [-0.2, -0.15) is 0 Å². The quantitative estimate of drug-likeness (QED) is 0.761. The summed E-state index contributed by atoms with van der Waals surface area (Å²) in [4.78, 5) is 0. The van der Waals surface area contributed by atoms with Gasteiger partial charge in [0, 0.05) is 12.2 Å². The minimum absolute atomic E-state index is 0.00533. The van der Waals surface area contributed by atoms with Crippen LogP contribution in [-0.2, 0) is 15.8 Å². The van der Waals surface area contributed by atoms with Crippen LogP contribution in [0, 0.1) is 5.92 Å². The van der Waals surface area contributed by atoms with Gasteiger partial charge in [0.05, 0.1) is 5.75 Å². The standard InChI is InChI=1S/C12H20N2O2S/c1-10(2)7-8-14-17(15,16)9-11-3-5-12(13)6-4-11/h3-6,10,14H,7-9,13H2,1-2H3. The van der Waals surface area contributed by atoms with Crippen molar-refractivity contribution in [1.29, 1.82) is 0 Å². The highest BCUT2D eigenvalue weighted by Crippen LogP contribution is 2.08. The lowest BCUT2D eigenvalue weighted by Crippen LogP contribution is -2.26. The maximum Gasteiger partial charge on any atom is 0.215 e. The maximum atomic E-state index is 11.7. The first-order valence-electron chi connectivity index (χ1n) is 5.71. The molecule has 0 atom stereocenters. The molecule has 5 heteroatoms. The second-order valence-electron chi connectivity index (χ2n) is 4.58. The lowest BCUT2D eigenvalue weighted by atomic mass is 10.1. The van der Waals surface area contributed by atoms with Crippen LogP contribution in [0.15, 0.2) is 24.3 Å². The predicted octanol–water partition coefficient (Wildman–Crippen LogP) is 1.73. The van der Waals surface area contributed by atoms with Crippen LogP contribution in [0.25, 0.3) is 0 Å². The first-order chi connectivity index (χ1) is 7.89. The summed E-state index contributed by atoms with van der Waals surface area (Å²) in [5.41, 5.74) is 6.92. The summed E-state index contributed by atoms with van der Waals surface area (Å²) in [6.45, 7) is 4.62. The number of benzene rings is 1. The van der Waals surface area contributed by atoms with Crippen molar-refractivity contribution >= 4 is 15.7 Å². The van der Waals surface area contributed by atoms with Gasteiger partial charge in [-0.05, 0) is 30.0 Å². The molecule has 1 aromatic rings. The summed E-state index contributed by atoms with van der Waals surface area (Å²) in [5.74, 6) is 0.500. The fourth-order valence-electron chi connectivity index (χ4n) is 1.39. The Morgan fingerprint density at radius 1 is 1.24 bits per heavy atom. The van der Waals surface area contributed by atoms with Crippen molar-refractivity contribution in [2.75, 3.05) is 12.3 Å². The molecule has 0 saturated carbocycles. The van der Waals surface area contributed by atoms with Crippen molar-refractivity contribution < 1.29 is 8.42 Å². The summed E-state index contributed by atoms with van der Waals surface area (Å²) in [7, 11) is -3.23. The molecule has 0 aliphatic heterocycles. The number of nitrogens with two attached hydrogens (primary N) is 1. The summed E-state index contributed by atoms with van der Waals surface area (Å²) in [6.07, 6.45) is 0.848. The highest BCUT2D eigenvalue weighted by molar-refractivity contribution is 7.88. The molecule has 0 bridgehead atoms. The summed E-state index contributed by atoms with van der Waals surface area (Å²) in [5, 5.41) is 0. The molecular weight excluding hydrogens is 236 g/mol. The van der Waals surface area contributed by atoms with E-state index in [9.17, 15) is 8.42 Å². The van der Waals surface area contributed by atoms with Crippen LogP contribution in [0.4, 0.5) is 5.69 Å². The number of sulfonamides is 1. The Labute approximate surface area is 103 Å². The zero-order chi connectivity index (χ0) is 12.9. The van der Waals surface area contributed by atoms with Crippen molar-refractivity contribution in [2.45, 2.75) is 26.0 Å². The molecule has 0 saturated heterocycles. The molecule has 4 nitrogen and oxygen atoms in total. The van der Waals surface area contributed by atoms with E-state index in [1.807, 2.05) is 0 Å². The third kappa shape index (κ3) is 5.70. The van der Waals surface area contributed by atoms with Crippen LogP contribution in [0.2, 0.25) is 0 Å². The Hall–Kier alpha value is -1.07. The molecule has 3 N–H and O–H groups in total. The minimum atomic E-state index is -3.23. The molecule has 0 heterocycles. The number of rotatable bonds is 6. The average Bonchev–Trinajstić information content (AvgIpc) is 2.20. The van der Waals surface area contributed by atoms with Crippen molar-refractivity contribution in [2.24, 2.45) is 5.92 Å². The van der Waals surface area contributed by atoms with Crippen LogP contribution < -0.4 is 10.5 Å². The Morgan fingerprint density at radius 3 is 2.35 bits per heavy atom. The maximum absolute atomic E-state index is 11.7. The highest BCUT2D eigenvalue weighted by Gasteiger charge is 2.10. The van der Waals surface area contributed by atoms with Crippen LogP contribution in [0.3, 0.4) is 0 Å². The van der Waals surface area contributed by atoms with E-state index in [1.165, 1.54) is 0 Å². The highest BCUT2D eigenvalue weighted by atomic mass is 32.2. The Kier molecular flexibility index (Phi) is 4.96. The summed E-state index contributed by atoms with van der Waals surface area (Å²) >= 11 is 0. The molecule has 0 radical (unpaired) electrons. The molecule has 0 aliphatic carbocycles. The van der Waals surface area contributed by atoms with Gasteiger partial charge < -0.3 is 5.73 Å². The molecule has 1 rings (SSSR count). The molecule has 0 aliphatic rings. The molecule has 17 heavy (non-hydrogen) atoms.